The minimum Gasteiger partial charge on any atom is -0.434 e. The smallest absolute Gasteiger partial charge is 0.419 e. The van der Waals surface area contributed by atoms with E-state index in [4.69, 9.17) is 0 Å². The average Bonchev–Trinajstić information content (AvgIpc) is 1.85. The van der Waals surface area contributed by atoms with E-state index in [9.17, 15) is 18.0 Å². The maximum absolute atomic E-state index is 11.8. The molecule has 5 heteroatoms. The van der Waals surface area contributed by atoms with Crippen molar-refractivity contribution in [2.45, 2.75) is 13.1 Å². The molecule has 0 unspecified atom stereocenters. The number of hydrogen-bond donors (Lipinski definition) is 0. The Balaban J connectivity index is 4.45. The van der Waals surface area contributed by atoms with Crippen LogP contribution in [-0.4, -0.2) is 12.1 Å². The van der Waals surface area contributed by atoms with Crippen molar-refractivity contribution < 1.29 is 22.7 Å². The number of ether oxygens (including phenoxy) is 1. The Morgan fingerprint density at radius 1 is 1.50 bits per heavy atom. The third-order valence-electron chi connectivity index (χ3n) is 0.899. The van der Waals surface area contributed by atoms with Crippen molar-refractivity contribution in [1.82, 2.24) is 0 Å². The molecule has 0 fully saturated rings. The van der Waals surface area contributed by atoms with E-state index in [1.807, 2.05) is 0 Å². The van der Waals surface area contributed by atoms with Gasteiger partial charge >= 0.3 is 12.1 Å². The van der Waals surface area contributed by atoms with E-state index in [1.165, 1.54) is 0 Å². The first kappa shape index (κ1) is 10.7. The molecule has 0 saturated carbocycles. The monoisotopic (exact) mass is 180 g/mol. The summed E-state index contributed by atoms with van der Waals surface area (Å²) in [6.45, 7) is 3.93. The second-order valence-corrected chi connectivity index (χ2v) is 1.88. The quantitative estimate of drug-likeness (QED) is 0.370. The van der Waals surface area contributed by atoms with E-state index in [-0.39, 0.29) is 0 Å². The molecule has 0 spiro atoms. The van der Waals surface area contributed by atoms with Gasteiger partial charge in [-0.15, -0.1) is 0 Å². The van der Waals surface area contributed by atoms with E-state index in [0.717, 1.165) is 6.92 Å². The van der Waals surface area contributed by atoms with Crippen LogP contribution in [-0.2, 0) is 9.53 Å². The van der Waals surface area contributed by atoms with Crippen LogP contribution in [0.3, 0.4) is 0 Å². The van der Waals surface area contributed by atoms with Crippen LogP contribution in [0.15, 0.2) is 24.5 Å². The lowest BCUT2D eigenvalue weighted by atomic mass is 10.3. The molecule has 0 N–H and O–H groups in total. The van der Waals surface area contributed by atoms with Gasteiger partial charge in [0.05, 0.1) is 5.57 Å². The SMILES string of the molecule is C=C/C(=C/OC(C)=O)C(F)(F)F. The Hall–Kier alpha value is -1.26. The van der Waals surface area contributed by atoms with Crippen LogP contribution in [0.5, 0.6) is 0 Å². The Morgan fingerprint density at radius 2 is 2.00 bits per heavy atom. The second kappa shape index (κ2) is 3.94. The lowest BCUT2D eigenvalue weighted by molar-refractivity contribution is -0.136. The number of carbonyl (C=O) groups excluding carboxylic acids is 1. The van der Waals surface area contributed by atoms with Crippen LogP contribution in [0, 0.1) is 0 Å². The van der Waals surface area contributed by atoms with E-state index in [2.05, 4.69) is 11.3 Å². The Kier molecular flexibility index (Phi) is 3.53. The minimum absolute atomic E-state index is 0.329. The third kappa shape index (κ3) is 3.80. The molecule has 12 heavy (non-hydrogen) atoms. The number of halogens is 3. The van der Waals surface area contributed by atoms with Crippen LogP contribution in [0.2, 0.25) is 0 Å². The third-order valence-corrected chi connectivity index (χ3v) is 0.899. The van der Waals surface area contributed by atoms with E-state index < -0.39 is 17.7 Å². The van der Waals surface area contributed by atoms with Crippen molar-refractivity contribution >= 4 is 5.97 Å². The predicted octanol–water partition coefficient (Wildman–Crippen LogP) is 2.18. The molecule has 2 nitrogen and oxygen atoms in total. The van der Waals surface area contributed by atoms with E-state index in [1.54, 1.807) is 0 Å². The molecule has 0 bridgehead atoms. The van der Waals surface area contributed by atoms with Gasteiger partial charge in [0.2, 0.25) is 0 Å². The molecule has 0 heterocycles. The molecule has 0 amide bonds. The molecule has 0 aromatic heterocycles. The fraction of sp³-hybridized carbons (Fsp3) is 0.286. The minimum atomic E-state index is -4.53. The van der Waals surface area contributed by atoms with Crippen molar-refractivity contribution in [1.29, 1.82) is 0 Å². The van der Waals surface area contributed by atoms with E-state index in [0.29, 0.717) is 12.3 Å². The summed E-state index contributed by atoms with van der Waals surface area (Å²) in [5.74, 6) is -0.807. The number of rotatable bonds is 2. The number of carbonyl (C=O) groups is 1. The molecule has 0 aliphatic rings. The number of alkyl halides is 3. The van der Waals surface area contributed by atoms with Crippen molar-refractivity contribution in [2.24, 2.45) is 0 Å². The highest BCUT2D eigenvalue weighted by molar-refractivity contribution is 5.66. The zero-order valence-electron chi connectivity index (χ0n) is 6.31. The summed E-state index contributed by atoms with van der Waals surface area (Å²) in [6, 6.07) is 0. The van der Waals surface area contributed by atoms with Gasteiger partial charge in [0.15, 0.2) is 0 Å². The highest BCUT2D eigenvalue weighted by Gasteiger charge is 2.32. The summed E-state index contributed by atoms with van der Waals surface area (Å²) in [7, 11) is 0. The summed E-state index contributed by atoms with van der Waals surface area (Å²) in [6.07, 6.45) is -3.63. The normalized spacial score (nSPS) is 12.5. The zero-order valence-corrected chi connectivity index (χ0v) is 6.31. The lowest BCUT2D eigenvalue weighted by Gasteiger charge is -2.05. The molecule has 0 saturated heterocycles. The number of allylic oxidation sites excluding steroid dienone is 2. The molecule has 0 aliphatic heterocycles. The summed E-state index contributed by atoms with van der Waals surface area (Å²) in [5, 5.41) is 0. The molecule has 0 aromatic carbocycles. The zero-order chi connectivity index (χ0) is 9.78. The second-order valence-electron chi connectivity index (χ2n) is 1.88. The van der Waals surface area contributed by atoms with Crippen LogP contribution < -0.4 is 0 Å². The van der Waals surface area contributed by atoms with Gasteiger partial charge in [-0.3, -0.25) is 4.79 Å². The molecule has 0 aliphatic carbocycles. The van der Waals surface area contributed by atoms with Gasteiger partial charge in [0.25, 0.3) is 0 Å². The first-order chi connectivity index (χ1) is 5.38. The molecule has 0 aromatic rings. The Labute approximate surface area is 67.3 Å². The Morgan fingerprint density at radius 3 is 2.25 bits per heavy atom. The van der Waals surface area contributed by atoms with Gasteiger partial charge in [0.1, 0.15) is 6.26 Å². The van der Waals surface area contributed by atoms with Crippen molar-refractivity contribution in [3.63, 3.8) is 0 Å². The lowest BCUT2D eigenvalue weighted by Crippen LogP contribution is -2.10. The van der Waals surface area contributed by atoms with Crippen molar-refractivity contribution in [2.75, 3.05) is 0 Å². The van der Waals surface area contributed by atoms with Crippen molar-refractivity contribution in [3.8, 4) is 0 Å². The largest absolute Gasteiger partial charge is 0.434 e. The van der Waals surface area contributed by atoms with Gasteiger partial charge in [-0.2, -0.15) is 13.2 Å². The maximum Gasteiger partial charge on any atom is 0.419 e. The van der Waals surface area contributed by atoms with Crippen LogP contribution >= 0.6 is 0 Å². The highest BCUT2D eigenvalue weighted by atomic mass is 19.4. The predicted molar refractivity (Wildman–Crippen MR) is 36.1 cm³/mol. The molecule has 0 rings (SSSR count). The fourth-order valence-corrected chi connectivity index (χ4v) is 0.377. The molecular weight excluding hydrogens is 173 g/mol. The average molecular weight is 180 g/mol. The molecule has 0 atom stereocenters. The highest BCUT2D eigenvalue weighted by Crippen LogP contribution is 2.25. The van der Waals surface area contributed by atoms with Crippen molar-refractivity contribution in [3.05, 3.63) is 24.5 Å². The van der Waals surface area contributed by atoms with Crippen LogP contribution in [0.25, 0.3) is 0 Å². The van der Waals surface area contributed by atoms with Gasteiger partial charge in [0, 0.05) is 6.92 Å². The summed E-state index contributed by atoms with van der Waals surface area (Å²) < 4.78 is 39.5. The summed E-state index contributed by atoms with van der Waals surface area (Å²) in [5.41, 5.74) is -1.09. The Bertz CT molecular complexity index is 215. The van der Waals surface area contributed by atoms with Gasteiger partial charge < -0.3 is 4.74 Å². The topological polar surface area (TPSA) is 26.3 Å². The molecular formula is C7H7F3O2. The molecule has 68 valence electrons. The maximum atomic E-state index is 11.8. The first-order valence-electron chi connectivity index (χ1n) is 2.95. The van der Waals surface area contributed by atoms with Gasteiger partial charge in [-0.05, 0) is 0 Å². The van der Waals surface area contributed by atoms with Gasteiger partial charge in [-0.25, -0.2) is 0 Å². The first-order valence-corrected chi connectivity index (χ1v) is 2.95. The standard InChI is InChI=1S/C7H7F3O2/c1-3-6(7(8,9)10)4-12-5(2)11/h3-4H,1H2,2H3/b6-4-. The molecule has 0 radical (unpaired) electrons. The van der Waals surface area contributed by atoms with Crippen LogP contribution in [0.4, 0.5) is 13.2 Å². The van der Waals surface area contributed by atoms with Gasteiger partial charge in [-0.1, -0.05) is 12.7 Å². The van der Waals surface area contributed by atoms with Crippen LogP contribution in [0.1, 0.15) is 6.92 Å². The summed E-state index contributed by atoms with van der Waals surface area (Å²) >= 11 is 0. The summed E-state index contributed by atoms with van der Waals surface area (Å²) in [4.78, 5) is 10.1. The van der Waals surface area contributed by atoms with E-state index >= 15 is 0 Å². The number of hydrogen-bond acceptors (Lipinski definition) is 2. The fourth-order valence-electron chi connectivity index (χ4n) is 0.377. The number of esters is 1.